The summed E-state index contributed by atoms with van der Waals surface area (Å²) in [6.45, 7) is 5.90. The average molecular weight is 406 g/mol. The normalized spacial score (nSPS) is 12.3. The van der Waals surface area contributed by atoms with Crippen molar-refractivity contribution in [3.63, 3.8) is 0 Å². The fraction of sp³-hybridized carbons (Fsp3) is 0.200. The van der Waals surface area contributed by atoms with E-state index in [4.69, 9.17) is 4.55 Å². The molecule has 0 fully saturated rings. The van der Waals surface area contributed by atoms with Crippen molar-refractivity contribution >= 4 is 32.3 Å². The third kappa shape index (κ3) is 5.18. The third-order valence-electron chi connectivity index (χ3n) is 4.15. The van der Waals surface area contributed by atoms with E-state index in [-0.39, 0.29) is 45.6 Å². The largest absolute Gasteiger partial charge is 1.00 e. The summed E-state index contributed by atoms with van der Waals surface area (Å²) in [6, 6.07) is 14.4. The minimum atomic E-state index is -4.24. The van der Waals surface area contributed by atoms with Gasteiger partial charge >= 0.3 is 29.6 Å². The molecule has 1 N–H and O–H groups in total. The smallest absolute Gasteiger partial charge is 0.872 e. The Morgan fingerprint density at radius 1 is 0.857 bits per heavy atom. The minimum Gasteiger partial charge on any atom is -0.872 e. The van der Waals surface area contributed by atoms with Crippen molar-refractivity contribution < 1.29 is 47.6 Å². The zero-order valence-corrected chi connectivity index (χ0v) is 19.0. The van der Waals surface area contributed by atoms with Crippen molar-refractivity contribution in [1.29, 1.82) is 0 Å². The predicted octanol–water partition coefficient (Wildman–Crippen LogP) is 1.88. The number of nitrogens with zero attached hydrogens (tertiary/aromatic N) is 2. The minimum absolute atomic E-state index is 0. The molecule has 3 aromatic rings. The molecule has 0 heterocycles. The predicted molar refractivity (Wildman–Crippen MR) is 103 cm³/mol. The van der Waals surface area contributed by atoms with Crippen molar-refractivity contribution in [2.24, 2.45) is 10.2 Å². The van der Waals surface area contributed by atoms with E-state index in [0.717, 1.165) is 5.39 Å². The molecule has 0 aromatic heterocycles. The van der Waals surface area contributed by atoms with Gasteiger partial charge in [-0.05, 0) is 58.1 Å². The van der Waals surface area contributed by atoms with Gasteiger partial charge in [-0.1, -0.05) is 39.0 Å². The molecule has 0 aliphatic heterocycles. The van der Waals surface area contributed by atoms with Crippen LogP contribution in [0.5, 0.6) is 5.75 Å². The van der Waals surface area contributed by atoms with Crippen LogP contribution < -0.4 is 34.7 Å². The first kappa shape index (κ1) is 22.5. The Bertz CT molecular complexity index is 1150. The molecule has 8 heteroatoms. The molecule has 6 nitrogen and oxygen atoms in total. The Balaban J connectivity index is 0.00000280. The summed E-state index contributed by atoms with van der Waals surface area (Å²) < 4.78 is 31.6. The van der Waals surface area contributed by atoms with Gasteiger partial charge in [-0.25, -0.2) is 0 Å². The van der Waals surface area contributed by atoms with Crippen LogP contribution >= 0.6 is 0 Å². The molecule has 3 aromatic carbocycles. The summed E-state index contributed by atoms with van der Waals surface area (Å²) in [4.78, 5) is -0.156. The van der Waals surface area contributed by atoms with Gasteiger partial charge in [-0.2, -0.15) is 18.6 Å². The molecule has 0 aliphatic rings. The summed E-state index contributed by atoms with van der Waals surface area (Å²) in [6.07, 6.45) is 0. The number of fused-ring (bicyclic) bond motifs is 1. The average Bonchev–Trinajstić information content (AvgIpc) is 2.58. The van der Waals surface area contributed by atoms with Crippen molar-refractivity contribution in [1.82, 2.24) is 0 Å². The third-order valence-corrected chi connectivity index (χ3v) is 4.99. The quantitative estimate of drug-likeness (QED) is 0.408. The van der Waals surface area contributed by atoms with E-state index in [1.807, 2.05) is 20.8 Å². The molecule has 0 spiro atoms. The Morgan fingerprint density at radius 3 is 2.00 bits per heavy atom. The second-order valence-electron chi connectivity index (χ2n) is 7.30. The first-order chi connectivity index (χ1) is 12.5. The maximum atomic E-state index is 12.0. The van der Waals surface area contributed by atoms with Gasteiger partial charge in [0.1, 0.15) is 0 Å². The van der Waals surface area contributed by atoms with E-state index in [9.17, 15) is 13.5 Å². The monoisotopic (exact) mass is 406 g/mol. The van der Waals surface area contributed by atoms with E-state index in [1.54, 1.807) is 36.4 Å². The molecule has 0 aliphatic carbocycles. The Hall–Kier alpha value is -1.77. The van der Waals surface area contributed by atoms with Gasteiger partial charge < -0.3 is 5.11 Å². The number of benzene rings is 3. The molecule has 0 radical (unpaired) electrons. The van der Waals surface area contributed by atoms with Crippen LogP contribution in [0.1, 0.15) is 26.3 Å². The summed E-state index contributed by atoms with van der Waals surface area (Å²) in [5.41, 5.74) is 1.57. The second kappa shape index (κ2) is 8.31. The summed E-state index contributed by atoms with van der Waals surface area (Å²) in [7, 11) is -4.24. The Kier molecular flexibility index (Phi) is 6.68. The van der Waals surface area contributed by atoms with Crippen molar-refractivity contribution in [3.8, 4) is 5.75 Å². The van der Waals surface area contributed by atoms with E-state index < -0.39 is 10.1 Å². The molecule has 0 unspecified atom stereocenters. The zero-order valence-electron chi connectivity index (χ0n) is 16.2. The molecule has 0 atom stereocenters. The first-order valence-corrected chi connectivity index (χ1v) is 9.73. The molecule has 140 valence electrons. The van der Waals surface area contributed by atoms with Crippen LogP contribution in [-0.2, 0) is 15.5 Å². The van der Waals surface area contributed by atoms with E-state index in [1.165, 1.54) is 18.2 Å². The molecule has 28 heavy (non-hydrogen) atoms. The summed E-state index contributed by atoms with van der Waals surface area (Å²) >= 11 is 0. The van der Waals surface area contributed by atoms with E-state index in [2.05, 4.69) is 10.2 Å². The van der Waals surface area contributed by atoms with Gasteiger partial charge in [0.25, 0.3) is 10.1 Å². The van der Waals surface area contributed by atoms with Crippen molar-refractivity contribution in [2.75, 3.05) is 0 Å². The standard InChI is InChI=1S/C20H20N2O4S.Na/c1-20(2,3)18-12-16(7-9-19(18)23)22-21-15-6-4-14-11-17(27(24,25)26)8-5-13(14)10-15;/h4-12,23H,1-3H3,(H,24,25,26);/q;+1/p-1. The number of rotatable bonds is 3. The Labute approximate surface area is 186 Å². The molecule has 0 saturated heterocycles. The molecule has 0 bridgehead atoms. The summed E-state index contributed by atoms with van der Waals surface area (Å²) in [5, 5.41) is 21.8. The van der Waals surface area contributed by atoms with Crippen LogP contribution in [0.3, 0.4) is 0 Å². The molecule has 0 amide bonds. The first-order valence-electron chi connectivity index (χ1n) is 8.29. The van der Waals surface area contributed by atoms with E-state index >= 15 is 0 Å². The maximum absolute atomic E-state index is 12.0. The SMILES string of the molecule is CC(C)(C)c1cc(N=Nc2ccc3cc(S(=O)(=O)O)ccc3c2)ccc1[O-].[Na+]. The second-order valence-corrected chi connectivity index (χ2v) is 8.72. The van der Waals surface area contributed by atoms with Crippen LogP contribution in [0.25, 0.3) is 10.8 Å². The van der Waals surface area contributed by atoms with Gasteiger partial charge in [-0.3, -0.25) is 4.55 Å². The van der Waals surface area contributed by atoms with Crippen LogP contribution in [0.4, 0.5) is 11.4 Å². The number of hydrogen-bond acceptors (Lipinski definition) is 5. The molecule has 3 rings (SSSR count). The van der Waals surface area contributed by atoms with Gasteiger partial charge in [0.05, 0.1) is 16.3 Å². The Morgan fingerprint density at radius 2 is 1.39 bits per heavy atom. The van der Waals surface area contributed by atoms with Crippen LogP contribution in [0.2, 0.25) is 0 Å². The van der Waals surface area contributed by atoms with Crippen LogP contribution in [-0.4, -0.2) is 13.0 Å². The van der Waals surface area contributed by atoms with Crippen molar-refractivity contribution in [3.05, 3.63) is 60.2 Å². The van der Waals surface area contributed by atoms with Gasteiger partial charge in [0.15, 0.2) is 0 Å². The number of hydrogen-bond donors (Lipinski definition) is 1. The molecule has 0 saturated carbocycles. The fourth-order valence-corrected chi connectivity index (χ4v) is 3.23. The number of azo groups is 1. The fourth-order valence-electron chi connectivity index (χ4n) is 2.72. The van der Waals surface area contributed by atoms with Crippen LogP contribution in [0.15, 0.2) is 69.7 Å². The van der Waals surface area contributed by atoms with Crippen LogP contribution in [0, 0.1) is 0 Å². The molecular weight excluding hydrogens is 387 g/mol. The van der Waals surface area contributed by atoms with Gasteiger partial charge in [0.2, 0.25) is 0 Å². The van der Waals surface area contributed by atoms with Gasteiger partial charge in [-0.15, -0.1) is 5.75 Å². The van der Waals surface area contributed by atoms with Crippen molar-refractivity contribution in [2.45, 2.75) is 31.1 Å². The maximum Gasteiger partial charge on any atom is 1.00 e. The molecular formula is C20H19N2NaO4S. The van der Waals surface area contributed by atoms with E-state index in [0.29, 0.717) is 22.3 Å². The summed E-state index contributed by atoms with van der Waals surface area (Å²) in [5.74, 6) is -0.0261. The zero-order chi connectivity index (χ0) is 19.8. The van der Waals surface area contributed by atoms with Gasteiger partial charge in [0, 0.05) is 0 Å². The topological polar surface area (TPSA) is 102 Å².